The van der Waals surface area contributed by atoms with Crippen molar-refractivity contribution < 1.29 is 19.2 Å². The first-order valence-electron chi connectivity index (χ1n) is 7.38. The van der Waals surface area contributed by atoms with E-state index in [4.69, 9.17) is 11.6 Å². The van der Waals surface area contributed by atoms with Gasteiger partial charge < -0.3 is 5.32 Å². The minimum absolute atomic E-state index is 0.227. The fraction of sp³-hybridized carbons (Fsp3) is 0.333. The van der Waals surface area contributed by atoms with Gasteiger partial charge in [-0.2, -0.15) is 0 Å². The molecule has 0 spiro atoms. The molecule has 2 aliphatic heterocycles. The molecular formula is C15H15ClN4O4. The molecule has 2 fully saturated rings. The largest absolute Gasteiger partial charge is 0.336 e. The molecule has 6 amide bonds. The van der Waals surface area contributed by atoms with E-state index < -0.39 is 36.5 Å². The summed E-state index contributed by atoms with van der Waals surface area (Å²) in [5, 5.41) is 3.01. The molecule has 126 valence electrons. The molecule has 2 saturated heterocycles. The van der Waals surface area contributed by atoms with Gasteiger partial charge in [0, 0.05) is 23.8 Å². The molecule has 8 nitrogen and oxygen atoms in total. The molecule has 0 aromatic heterocycles. The van der Waals surface area contributed by atoms with Gasteiger partial charge in [0.2, 0.25) is 0 Å². The Morgan fingerprint density at radius 3 is 2.50 bits per heavy atom. The van der Waals surface area contributed by atoms with Crippen molar-refractivity contribution in [3.05, 3.63) is 29.3 Å². The van der Waals surface area contributed by atoms with Crippen LogP contribution in [0.25, 0.3) is 0 Å². The third-order valence-electron chi connectivity index (χ3n) is 4.00. The maximum Gasteiger partial charge on any atom is 0.332 e. The van der Waals surface area contributed by atoms with Crippen molar-refractivity contribution in [2.24, 2.45) is 0 Å². The summed E-state index contributed by atoms with van der Waals surface area (Å²) in [7, 11) is 0. The van der Waals surface area contributed by atoms with Crippen LogP contribution in [-0.2, 0) is 9.59 Å². The van der Waals surface area contributed by atoms with Crippen molar-refractivity contribution >= 4 is 41.2 Å². The van der Waals surface area contributed by atoms with Gasteiger partial charge >= 0.3 is 12.1 Å². The number of carbonyl (C=O) groups is 4. The van der Waals surface area contributed by atoms with Crippen LogP contribution in [0, 0.1) is 0 Å². The van der Waals surface area contributed by atoms with E-state index in [1.165, 1.54) is 4.90 Å². The summed E-state index contributed by atoms with van der Waals surface area (Å²) in [4.78, 5) is 51.8. The first kappa shape index (κ1) is 16.3. The first-order valence-corrected chi connectivity index (χ1v) is 7.76. The molecule has 1 aromatic rings. The van der Waals surface area contributed by atoms with E-state index in [-0.39, 0.29) is 6.54 Å². The molecular weight excluding hydrogens is 336 g/mol. The highest BCUT2D eigenvalue weighted by Crippen LogP contribution is 2.27. The number of benzene rings is 1. The van der Waals surface area contributed by atoms with Gasteiger partial charge in [0.15, 0.2) is 0 Å². The van der Waals surface area contributed by atoms with E-state index in [9.17, 15) is 19.2 Å². The lowest BCUT2D eigenvalue weighted by molar-refractivity contribution is -0.135. The van der Waals surface area contributed by atoms with Crippen molar-refractivity contribution in [1.29, 1.82) is 0 Å². The number of nitrogens with one attached hydrogen (secondary N) is 1. The molecule has 2 heterocycles. The molecule has 1 atom stereocenters. The van der Waals surface area contributed by atoms with Crippen molar-refractivity contribution in [2.75, 3.05) is 24.5 Å². The first-order chi connectivity index (χ1) is 11.4. The number of nitrogens with zero attached hydrogens (tertiary/aromatic N) is 3. The van der Waals surface area contributed by atoms with Gasteiger partial charge in [-0.25, -0.2) is 9.59 Å². The van der Waals surface area contributed by atoms with Crippen LogP contribution in [0.1, 0.15) is 6.92 Å². The second-order valence-electron chi connectivity index (χ2n) is 5.51. The third kappa shape index (κ3) is 2.69. The van der Waals surface area contributed by atoms with E-state index in [0.717, 1.165) is 9.80 Å². The van der Waals surface area contributed by atoms with Crippen LogP contribution >= 0.6 is 11.6 Å². The Morgan fingerprint density at radius 2 is 1.92 bits per heavy atom. The Balaban J connectivity index is 1.79. The number of hydrogen-bond acceptors (Lipinski definition) is 4. The van der Waals surface area contributed by atoms with Crippen LogP contribution in [0.3, 0.4) is 0 Å². The SMILES string of the molecule is C[C@H]1C(=O)N(CC(=O)N2CCNC2=O)C(=O)N1c1ccc(Cl)cc1. The van der Waals surface area contributed by atoms with Crippen LogP contribution in [0.5, 0.6) is 0 Å². The molecule has 0 saturated carbocycles. The summed E-state index contributed by atoms with van der Waals surface area (Å²) in [6.07, 6.45) is 0. The molecule has 1 aromatic carbocycles. The van der Waals surface area contributed by atoms with Gasteiger partial charge in [-0.3, -0.25) is 24.3 Å². The molecule has 9 heteroatoms. The Labute approximate surface area is 142 Å². The van der Waals surface area contributed by atoms with Gasteiger partial charge in [-0.05, 0) is 31.2 Å². The molecule has 0 radical (unpaired) electrons. The summed E-state index contributed by atoms with van der Waals surface area (Å²) in [5.74, 6) is -1.07. The molecule has 0 aliphatic carbocycles. The number of anilines is 1. The number of halogens is 1. The van der Waals surface area contributed by atoms with Crippen molar-refractivity contribution in [3.63, 3.8) is 0 Å². The van der Waals surface area contributed by atoms with E-state index >= 15 is 0 Å². The maximum absolute atomic E-state index is 12.6. The van der Waals surface area contributed by atoms with E-state index in [2.05, 4.69) is 5.32 Å². The monoisotopic (exact) mass is 350 g/mol. The second-order valence-corrected chi connectivity index (χ2v) is 5.94. The Hall–Kier alpha value is -2.61. The molecule has 3 rings (SSSR count). The van der Waals surface area contributed by atoms with Gasteiger partial charge in [-0.1, -0.05) is 11.6 Å². The number of amides is 6. The quantitative estimate of drug-likeness (QED) is 0.825. The highest BCUT2D eigenvalue weighted by molar-refractivity contribution is 6.30. The Kier molecular flexibility index (Phi) is 4.15. The predicted octanol–water partition coefficient (Wildman–Crippen LogP) is 1.05. The third-order valence-corrected chi connectivity index (χ3v) is 4.26. The maximum atomic E-state index is 12.6. The topological polar surface area (TPSA) is 90.0 Å². The number of hydrogen-bond donors (Lipinski definition) is 1. The highest BCUT2D eigenvalue weighted by Gasteiger charge is 2.45. The summed E-state index contributed by atoms with van der Waals surface area (Å²) >= 11 is 5.83. The average molecular weight is 351 g/mol. The number of imide groups is 2. The number of carbonyl (C=O) groups excluding carboxylic acids is 4. The van der Waals surface area contributed by atoms with Crippen LogP contribution in [0.15, 0.2) is 24.3 Å². The van der Waals surface area contributed by atoms with Crippen LogP contribution in [0.2, 0.25) is 5.02 Å². The number of rotatable bonds is 3. The normalized spacial score (nSPS) is 20.8. The van der Waals surface area contributed by atoms with Gasteiger partial charge in [0.25, 0.3) is 11.8 Å². The fourth-order valence-electron chi connectivity index (χ4n) is 2.74. The van der Waals surface area contributed by atoms with Gasteiger partial charge in [-0.15, -0.1) is 0 Å². The van der Waals surface area contributed by atoms with Crippen LogP contribution in [-0.4, -0.2) is 59.4 Å². The zero-order valence-corrected chi connectivity index (χ0v) is 13.6. The summed E-state index contributed by atoms with van der Waals surface area (Å²) in [6, 6.07) is 4.64. The molecule has 24 heavy (non-hydrogen) atoms. The van der Waals surface area contributed by atoms with Gasteiger partial charge in [0.1, 0.15) is 12.6 Å². The van der Waals surface area contributed by atoms with Crippen LogP contribution in [0.4, 0.5) is 15.3 Å². The van der Waals surface area contributed by atoms with Crippen molar-refractivity contribution in [2.45, 2.75) is 13.0 Å². The van der Waals surface area contributed by atoms with E-state index in [1.54, 1.807) is 31.2 Å². The zero-order valence-electron chi connectivity index (χ0n) is 12.9. The minimum Gasteiger partial charge on any atom is -0.336 e. The molecule has 2 aliphatic rings. The van der Waals surface area contributed by atoms with E-state index in [1.807, 2.05) is 0 Å². The zero-order chi connectivity index (χ0) is 17.4. The molecule has 0 unspecified atom stereocenters. The lowest BCUT2D eigenvalue weighted by Crippen LogP contribution is -2.44. The second kappa shape index (κ2) is 6.12. The van der Waals surface area contributed by atoms with Gasteiger partial charge in [0.05, 0.1) is 0 Å². The average Bonchev–Trinajstić information content (AvgIpc) is 3.06. The van der Waals surface area contributed by atoms with E-state index in [0.29, 0.717) is 17.3 Å². The Morgan fingerprint density at radius 1 is 1.25 bits per heavy atom. The standard InChI is InChI=1S/C15H15ClN4O4/c1-9-13(22)19(8-12(21)18-7-6-17-14(18)23)15(24)20(9)11-4-2-10(16)3-5-11/h2-5,9H,6-8H2,1H3,(H,17,23)/t9-/m0/s1. The van der Waals surface area contributed by atoms with Crippen molar-refractivity contribution in [1.82, 2.24) is 15.1 Å². The number of urea groups is 2. The molecule has 0 bridgehead atoms. The summed E-state index contributed by atoms with van der Waals surface area (Å²) in [5.41, 5.74) is 0.513. The molecule has 1 N–H and O–H groups in total. The Bertz CT molecular complexity index is 721. The lowest BCUT2D eigenvalue weighted by Gasteiger charge is -2.20. The predicted molar refractivity (Wildman–Crippen MR) is 85.6 cm³/mol. The fourth-order valence-corrected chi connectivity index (χ4v) is 2.86. The summed E-state index contributed by atoms with van der Waals surface area (Å²) in [6.45, 7) is 1.71. The smallest absolute Gasteiger partial charge is 0.332 e. The minimum atomic E-state index is -0.737. The van der Waals surface area contributed by atoms with Crippen molar-refractivity contribution in [3.8, 4) is 0 Å². The highest BCUT2D eigenvalue weighted by atomic mass is 35.5. The summed E-state index contributed by atoms with van der Waals surface area (Å²) < 4.78 is 0. The van der Waals surface area contributed by atoms with Crippen LogP contribution < -0.4 is 10.2 Å². The lowest BCUT2D eigenvalue weighted by atomic mass is 10.2.